The molecule has 0 fully saturated rings. The number of para-hydroxylation sites is 1. The minimum absolute atomic E-state index is 0.700. The molecule has 0 saturated carbocycles. The van der Waals surface area contributed by atoms with E-state index in [1.54, 1.807) is 0 Å². The Morgan fingerprint density at radius 3 is 2.65 bits per heavy atom. The summed E-state index contributed by atoms with van der Waals surface area (Å²) in [6.07, 6.45) is 0. The maximum absolute atomic E-state index is 11.5. The molecule has 0 spiro atoms. The van der Waals surface area contributed by atoms with Gasteiger partial charge >= 0.3 is 0 Å². The number of fused-ring (bicyclic) bond motifs is 2. The van der Waals surface area contributed by atoms with Crippen molar-refractivity contribution in [1.82, 2.24) is 4.90 Å². The summed E-state index contributed by atoms with van der Waals surface area (Å²) in [5.41, 5.74) is 1.49. The van der Waals surface area contributed by atoms with Gasteiger partial charge in [-0.15, -0.1) is 0 Å². The van der Waals surface area contributed by atoms with Crippen LogP contribution in [0, 0.1) is 0 Å². The summed E-state index contributed by atoms with van der Waals surface area (Å²) in [6, 6.07) is 17.6. The molecule has 2 aliphatic heterocycles. The first-order chi connectivity index (χ1) is 9.80. The van der Waals surface area contributed by atoms with Crippen molar-refractivity contribution in [2.75, 3.05) is 18.4 Å². The van der Waals surface area contributed by atoms with Gasteiger partial charge in [0.2, 0.25) is 5.96 Å². The van der Waals surface area contributed by atoms with Crippen molar-refractivity contribution in [2.45, 2.75) is 5.72 Å². The molecular formula is C16H15N3O. The average Bonchev–Trinajstić information content (AvgIpc) is 2.97. The van der Waals surface area contributed by atoms with Crippen LogP contribution in [0.15, 0.2) is 59.6 Å². The number of benzene rings is 2. The predicted octanol–water partition coefficient (Wildman–Crippen LogP) is 1.98. The summed E-state index contributed by atoms with van der Waals surface area (Å²) in [6.45, 7) is 1.41. The summed E-state index contributed by atoms with van der Waals surface area (Å²) in [5.74, 6) is 0.745. The number of anilines is 1. The van der Waals surface area contributed by atoms with Gasteiger partial charge in [0.05, 0.1) is 6.54 Å². The molecule has 1 atom stereocenters. The lowest BCUT2D eigenvalue weighted by Crippen LogP contribution is -2.54. The molecule has 2 N–H and O–H groups in total. The molecule has 4 nitrogen and oxygen atoms in total. The van der Waals surface area contributed by atoms with E-state index < -0.39 is 5.72 Å². The highest BCUT2D eigenvalue weighted by atomic mass is 16.3. The van der Waals surface area contributed by atoms with Crippen LogP contribution in [-0.2, 0) is 5.72 Å². The second-order valence-corrected chi connectivity index (χ2v) is 5.07. The standard InChI is InChI=1S/C16H15N3O/c20-16(12-6-2-1-3-7-12)13-8-4-5-9-14(13)18-15-17-10-11-19(15)16/h1-9,20H,10-11H2,(H,17,18)/t16-/m1/s1. The summed E-state index contributed by atoms with van der Waals surface area (Å²) >= 11 is 0. The number of hydrogen-bond donors (Lipinski definition) is 2. The first-order valence-corrected chi connectivity index (χ1v) is 6.76. The third kappa shape index (κ3) is 1.42. The molecule has 100 valence electrons. The van der Waals surface area contributed by atoms with Crippen LogP contribution in [0.4, 0.5) is 5.69 Å². The number of hydrogen-bond acceptors (Lipinski definition) is 4. The molecule has 0 aromatic heterocycles. The monoisotopic (exact) mass is 265 g/mol. The van der Waals surface area contributed by atoms with Crippen molar-refractivity contribution in [2.24, 2.45) is 4.99 Å². The highest BCUT2D eigenvalue weighted by Crippen LogP contribution is 2.41. The van der Waals surface area contributed by atoms with Crippen LogP contribution in [0.2, 0.25) is 0 Å². The molecule has 0 unspecified atom stereocenters. The second-order valence-electron chi connectivity index (χ2n) is 5.07. The Hall–Kier alpha value is -2.33. The topological polar surface area (TPSA) is 47.9 Å². The minimum Gasteiger partial charge on any atom is -0.363 e. The lowest BCUT2D eigenvalue weighted by molar-refractivity contribution is -0.0341. The van der Waals surface area contributed by atoms with Crippen molar-refractivity contribution in [1.29, 1.82) is 0 Å². The van der Waals surface area contributed by atoms with Gasteiger partial charge in [-0.25, -0.2) is 0 Å². The molecule has 2 aliphatic rings. The van der Waals surface area contributed by atoms with E-state index in [-0.39, 0.29) is 0 Å². The zero-order valence-corrected chi connectivity index (χ0v) is 11.0. The number of nitrogens with zero attached hydrogens (tertiary/aromatic N) is 2. The molecular weight excluding hydrogens is 250 g/mol. The number of rotatable bonds is 1. The first-order valence-electron chi connectivity index (χ1n) is 6.76. The molecule has 4 rings (SSSR count). The van der Waals surface area contributed by atoms with Gasteiger partial charge in [-0.3, -0.25) is 4.99 Å². The first kappa shape index (κ1) is 11.5. The van der Waals surface area contributed by atoms with E-state index in [0.29, 0.717) is 13.1 Å². The number of aliphatic imine (C=N–C) groups is 1. The van der Waals surface area contributed by atoms with Crippen LogP contribution in [0.25, 0.3) is 0 Å². The van der Waals surface area contributed by atoms with Gasteiger partial charge in [-0.05, 0) is 6.07 Å². The largest absolute Gasteiger partial charge is 0.363 e. The predicted molar refractivity (Wildman–Crippen MR) is 78.5 cm³/mol. The van der Waals surface area contributed by atoms with Gasteiger partial charge in [0.1, 0.15) is 0 Å². The van der Waals surface area contributed by atoms with Gasteiger partial charge < -0.3 is 15.3 Å². The fraction of sp³-hybridized carbons (Fsp3) is 0.188. The van der Waals surface area contributed by atoms with Crippen LogP contribution >= 0.6 is 0 Å². The van der Waals surface area contributed by atoms with Crippen LogP contribution in [0.1, 0.15) is 11.1 Å². The Morgan fingerprint density at radius 1 is 1.05 bits per heavy atom. The van der Waals surface area contributed by atoms with E-state index in [0.717, 1.165) is 22.8 Å². The van der Waals surface area contributed by atoms with Crippen LogP contribution < -0.4 is 5.32 Å². The summed E-state index contributed by atoms with van der Waals surface area (Å²) in [4.78, 5) is 6.38. The van der Waals surface area contributed by atoms with E-state index in [9.17, 15) is 5.11 Å². The second kappa shape index (κ2) is 4.08. The van der Waals surface area contributed by atoms with Crippen LogP contribution in [0.3, 0.4) is 0 Å². The molecule has 0 aliphatic carbocycles. The highest BCUT2D eigenvalue weighted by molar-refractivity contribution is 5.98. The van der Waals surface area contributed by atoms with E-state index in [2.05, 4.69) is 10.3 Å². The smallest absolute Gasteiger partial charge is 0.201 e. The Morgan fingerprint density at radius 2 is 1.80 bits per heavy atom. The average molecular weight is 265 g/mol. The van der Waals surface area contributed by atoms with E-state index in [1.165, 1.54) is 0 Å². The van der Waals surface area contributed by atoms with E-state index >= 15 is 0 Å². The third-order valence-corrected chi connectivity index (χ3v) is 3.96. The quantitative estimate of drug-likeness (QED) is 0.829. The zero-order chi connectivity index (χ0) is 13.6. The van der Waals surface area contributed by atoms with Crippen LogP contribution in [-0.4, -0.2) is 29.1 Å². The summed E-state index contributed by atoms with van der Waals surface area (Å²) in [7, 11) is 0. The maximum Gasteiger partial charge on any atom is 0.201 e. The minimum atomic E-state index is -1.15. The Kier molecular flexibility index (Phi) is 2.35. The van der Waals surface area contributed by atoms with Crippen molar-refractivity contribution in [3.8, 4) is 0 Å². The Balaban J connectivity index is 1.98. The van der Waals surface area contributed by atoms with Crippen LogP contribution in [0.5, 0.6) is 0 Å². The van der Waals surface area contributed by atoms with Crippen molar-refractivity contribution in [3.63, 3.8) is 0 Å². The number of nitrogens with one attached hydrogen (secondary N) is 1. The van der Waals surface area contributed by atoms with Crippen molar-refractivity contribution < 1.29 is 5.11 Å². The van der Waals surface area contributed by atoms with E-state index in [4.69, 9.17) is 0 Å². The van der Waals surface area contributed by atoms with Crippen molar-refractivity contribution in [3.05, 3.63) is 65.7 Å². The molecule has 2 aromatic carbocycles. The van der Waals surface area contributed by atoms with Gasteiger partial charge in [-0.1, -0.05) is 48.5 Å². The molecule has 0 radical (unpaired) electrons. The number of aliphatic hydroxyl groups is 1. The maximum atomic E-state index is 11.5. The fourth-order valence-electron chi connectivity index (χ4n) is 3.01. The molecule has 2 heterocycles. The van der Waals surface area contributed by atoms with E-state index in [1.807, 2.05) is 59.5 Å². The highest BCUT2D eigenvalue weighted by Gasteiger charge is 2.46. The SMILES string of the molecule is O[C@]1(c2ccccc2)c2ccccc2NC2=NCCN21. The molecule has 4 heteroatoms. The summed E-state index contributed by atoms with van der Waals surface area (Å²) in [5, 5.41) is 14.8. The van der Waals surface area contributed by atoms with Gasteiger partial charge in [-0.2, -0.15) is 0 Å². The lowest BCUT2D eigenvalue weighted by Gasteiger charge is -2.44. The Bertz CT molecular complexity index is 683. The molecule has 20 heavy (non-hydrogen) atoms. The molecule has 0 amide bonds. The molecule has 0 bridgehead atoms. The number of guanidine groups is 1. The van der Waals surface area contributed by atoms with Crippen molar-refractivity contribution >= 4 is 11.6 Å². The lowest BCUT2D eigenvalue weighted by atomic mass is 9.90. The Labute approximate surface area is 117 Å². The zero-order valence-electron chi connectivity index (χ0n) is 11.0. The molecule has 0 saturated heterocycles. The van der Waals surface area contributed by atoms with Gasteiger partial charge in [0.25, 0.3) is 0 Å². The normalized spacial score (nSPS) is 23.6. The summed E-state index contributed by atoms with van der Waals surface area (Å²) < 4.78 is 0. The van der Waals surface area contributed by atoms with Gasteiger partial charge in [0.15, 0.2) is 5.72 Å². The fourth-order valence-corrected chi connectivity index (χ4v) is 3.01. The molecule has 2 aromatic rings. The third-order valence-electron chi connectivity index (χ3n) is 3.96. The van der Waals surface area contributed by atoms with Gasteiger partial charge in [0, 0.05) is 23.4 Å².